The van der Waals surface area contributed by atoms with Crippen molar-refractivity contribution in [2.45, 2.75) is 50.0 Å². The normalized spacial score (nSPS) is 22.9. The van der Waals surface area contributed by atoms with Gasteiger partial charge in [-0.15, -0.1) is 0 Å². The largest absolute Gasteiger partial charge is 0.490 e. The van der Waals surface area contributed by atoms with Crippen LogP contribution in [0.25, 0.3) is 0 Å². The minimum atomic E-state index is 0.141. The lowest BCUT2D eigenvalue weighted by Crippen LogP contribution is -2.33. The lowest BCUT2D eigenvalue weighted by Gasteiger charge is -2.32. The molecule has 0 radical (unpaired) electrons. The number of hydrogen-bond donors (Lipinski definition) is 1. The van der Waals surface area contributed by atoms with Gasteiger partial charge in [0.2, 0.25) is 0 Å². The first-order valence-corrected chi connectivity index (χ1v) is 7.88. The summed E-state index contributed by atoms with van der Waals surface area (Å²) in [5, 5.41) is 0. The summed E-state index contributed by atoms with van der Waals surface area (Å²) in [6.07, 6.45) is 7.22. The second kappa shape index (κ2) is 6.15. The van der Waals surface area contributed by atoms with E-state index in [1.807, 2.05) is 0 Å². The van der Waals surface area contributed by atoms with Crippen LogP contribution in [-0.4, -0.2) is 25.9 Å². The molecule has 2 aliphatic rings. The SMILES string of the molecule is NCC1(c2ccccc2OC2CCOCC2)CCCC1. The zero-order valence-corrected chi connectivity index (χ0v) is 12.1. The van der Waals surface area contributed by atoms with Crippen LogP contribution in [0.5, 0.6) is 5.75 Å². The third-order valence-electron chi connectivity index (χ3n) is 4.87. The summed E-state index contributed by atoms with van der Waals surface area (Å²) in [6.45, 7) is 2.35. The molecule has 0 aromatic heterocycles. The van der Waals surface area contributed by atoms with Gasteiger partial charge in [-0.05, 0) is 18.9 Å². The molecule has 3 nitrogen and oxygen atoms in total. The van der Waals surface area contributed by atoms with Gasteiger partial charge in [-0.1, -0.05) is 31.0 Å². The highest BCUT2D eigenvalue weighted by Gasteiger charge is 2.36. The second-order valence-electron chi connectivity index (χ2n) is 6.12. The van der Waals surface area contributed by atoms with Crippen LogP contribution in [0, 0.1) is 0 Å². The van der Waals surface area contributed by atoms with E-state index in [9.17, 15) is 0 Å². The van der Waals surface area contributed by atoms with Crippen LogP contribution in [0.3, 0.4) is 0 Å². The van der Waals surface area contributed by atoms with Crippen LogP contribution in [0.15, 0.2) is 24.3 Å². The number of para-hydroxylation sites is 1. The van der Waals surface area contributed by atoms with E-state index in [1.165, 1.54) is 31.2 Å². The Balaban J connectivity index is 1.83. The Morgan fingerprint density at radius 2 is 1.85 bits per heavy atom. The van der Waals surface area contributed by atoms with Crippen LogP contribution < -0.4 is 10.5 Å². The molecule has 2 N–H and O–H groups in total. The van der Waals surface area contributed by atoms with E-state index in [-0.39, 0.29) is 5.41 Å². The maximum absolute atomic E-state index is 6.29. The quantitative estimate of drug-likeness (QED) is 0.918. The van der Waals surface area contributed by atoms with Gasteiger partial charge in [0.25, 0.3) is 0 Å². The van der Waals surface area contributed by atoms with Crippen LogP contribution in [-0.2, 0) is 10.2 Å². The molecule has 1 aromatic carbocycles. The van der Waals surface area contributed by atoms with E-state index in [4.69, 9.17) is 15.2 Å². The van der Waals surface area contributed by atoms with Crippen molar-refractivity contribution in [2.75, 3.05) is 19.8 Å². The predicted octanol–water partition coefficient (Wildman–Crippen LogP) is 3.01. The third-order valence-corrected chi connectivity index (χ3v) is 4.87. The molecule has 110 valence electrons. The summed E-state index contributed by atoms with van der Waals surface area (Å²) in [4.78, 5) is 0. The molecule has 20 heavy (non-hydrogen) atoms. The minimum Gasteiger partial charge on any atom is -0.490 e. The Morgan fingerprint density at radius 1 is 1.15 bits per heavy atom. The summed E-state index contributed by atoms with van der Waals surface area (Å²) >= 11 is 0. The Morgan fingerprint density at radius 3 is 2.55 bits per heavy atom. The van der Waals surface area contributed by atoms with Crippen LogP contribution in [0.1, 0.15) is 44.1 Å². The van der Waals surface area contributed by atoms with Gasteiger partial charge in [-0.25, -0.2) is 0 Å². The van der Waals surface area contributed by atoms with E-state index in [0.29, 0.717) is 6.10 Å². The number of nitrogens with two attached hydrogens (primary N) is 1. The average Bonchev–Trinajstić information content (AvgIpc) is 2.99. The minimum absolute atomic E-state index is 0.141. The van der Waals surface area contributed by atoms with Crippen molar-refractivity contribution in [3.8, 4) is 5.75 Å². The highest BCUT2D eigenvalue weighted by atomic mass is 16.5. The maximum Gasteiger partial charge on any atom is 0.123 e. The van der Waals surface area contributed by atoms with Crippen molar-refractivity contribution >= 4 is 0 Å². The second-order valence-corrected chi connectivity index (χ2v) is 6.12. The van der Waals surface area contributed by atoms with Gasteiger partial charge in [-0.3, -0.25) is 0 Å². The summed E-state index contributed by atoms with van der Waals surface area (Å²) in [7, 11) is 0. The molecule has 0 spiro atoms. The molecule has 2 fully saturated rings. The van der Waals surface area contributed by atoms with Crippen molar-refractivity contribution < 1.29 is 9.47 Å². The van der Waals surface area contributed by atoms with Gasteiger partial charge in [-0.2, -0.15) is 0 Å². The molecule has 0 atom stereocenters. The molecule has 1 aliphatic heterocycles. The summed E-state index contributed by atoms with van der Waals surface area (Å²) in [5.74, 6) is 1.05. The smallest absolute Gasteiger partial charge is 0.123 e. The van der Waals surface area contributed by atoms with Crippen molar-refractivity contribution in [3.05, 3.63) is 29.8 Å². The predicted molar refractivity (Wildman–Crippen MR) is 80.1 cm³/mol. The average molecular weight is 275 g/mol. The Bertz CT molecular complexity index is 434. The Kier molecular flexibility index (Phi) is 4.27. The Labute approximate surface area is 121 Å². The number of benzene rings is 1. The zero-order chi connectivity index (χ0) is 13.8. The number of hydrogen-bond acceptors (Lipinski definition) is 3. The first-order valence-electron chi connectivity index (χ1n) is 7.88. The van der Waals surface area contributed by atoms with Gasteiger partial charge in [0.15, 0.2) is 0 Å². The van der Waals surface area contributed by atoms with E-state index in [2.05, 4.69) is 24.3 Å². The number of ether oxygens (including phenoxy) is 2. The fraction of sp³-hybridized carbons (Fsp3) is 0.647. The van der Waals surface area contributed by atoms with Gasteiger partial charge in [0.05, 0.1) is 13.2 Å². The van der Waals surface area contributed by atoms with E-state index < -0.39 is 0 Å². The van der Waals surface area contributed by atoms with Gasteiger partial charge in [0, 0.05) is 30.4 Å². The highest BCUT2D eigenvalue weighted by Crippen LogP contribution is 2.44. The zero-order valence-electron chi connectivity index (χ0n) is 12.1. The van der Waals surface area contributed by atoms with Crippen molar-refractivity contribution in [1.29, 1.82) is 0 Å². The van der Waals surface area contributed by atoms with E-state index >= 15 is 0 Å². The van der Waals surface area contributed by atoms with Gasteiger partial charge >= 0.3 is 0 Å². The van der Waals surface area contributed by atoms with Crippen LogP contribution in [0.4, 0.5) is 0 Å². The lowest BCUT2D eigenvalue weighted by molar-refractivity contribution is 0.0247. The summed E-state index contributed by atoms with van der Waals surface area (Å²) in [5.41, 5.74) is 7.59. The Hall–Kier alpha value is -1.06. The summed E-state index contributed by atoms with van der Waals surface area (Å²) in [6, 6.07) is 8.51. The summed E-state index contributed by atoms with van der Waals surface area (Å²) < 4.78 is 11.7. The molecule has 1 aromatic rings. The van der Waals surface area contributed by atoms with E-state index in [0.717, 1.165) is 38.3 Å². The van der Waals surface area contributed by atoms with Crippen molar-refractivity contribution in [3.63, 3.8) is 0 Å². The molecule has 0 bridgehead atoms. The molecule has 0 unspecified atom stereocenters. The van der Waals surface area contributed by atoms with Crippen molar-refractivity contribution in [2.24, 2.45) is 5.73 Å². The third kappa shape index (κ3) is 2.70. The van der Waals surface area contributed by atoms with Gasteiger partial charge in [0.1, 0.15) is 11.9 Å². The number of rotatable bonds is 4. The molecule has 1 saturated heterocycles. The first kappa shape index (κ1) is 13.9. The molecule has 1 saturated carbocycles. The molecule has 1 heterocycles. The molecule has 0 amide bonds. The molecule has 3 heteroatoms. The molecular formula is C17H25NO2. The molecule has 3 rings (SSSR count). The highest BCUT2D eigenvalue weighted by molar-refractivity contribution is 5.41. The maximum atomic E-state index is 6.29. The topological polar surface area (TPSA) is 44.5 Å². The van der Waals surface area contributed by atoms with Crippen LogP contribution in [0.2, 0.25) is 0 Å². The fourth-order valence-corrected chi connectivity index (χ4v) is 3.62. The van der Waals surface area contributed by atoms with Crippen LogP contribution >= 0.6 is 0 Å². The van der Waals surface area contributed by atoms with Crippen molar-refractivity contribution in [1.82, 2.24) is 0 Å². The lowest BCUT2D eigenvalue weighted by atomic mass is 9.78. The fourth-order valence-electron chi connectivity index (χ4n) is 3.62. The standard InChI is InChI=1S/C17H25NO2/c18-13-17(9-3-4-10-17)15-5-1-2-6-16(15)20-14-7-11-19-12-8-14/h1-2,5-6,14H,3-4,7-13,18H2. The van der Waals surface area contributed by atoms with E-state index in [1.54, 1.807) is 0 Å². The monoisotopic (exact) mass is 275 g/mol. The van der Waals surface area contributed by atoms with Gasteiger partial charge < -0.3 is 15.2 Å². The first-order chi connectivity index (χ1) is 9.84. The molecular weight excluding hydrogens is 250 g/mol. The molecule has 1 aliphatic carbocycles.